The van der Waals surface area contributed by atoms with E-state index in [2.05, 4.69) is 26.8 Å². The Balaban J connectivity index is 0.774. The monoisotopic (exact) mass is 929 g/mol. The lowest BCUT2D eigenvalue weighted by molar-refractivity contribution is -0.289. The van der Waals surface area contributed by atoms with Crippen LogP contribution in [-0.2, 0) is 44.6 Å². The Morgan fingerprint density at radius 2 is 1.04 bits per heavy atom. The predicted molar refractivity (Wildman–Crippen MR) is 243 cm³/mol. The van der Waals surface area contributed by atoms with Gasteiger partial charge in [-0.1, -0.05) is 64.8 Å². The van der Waals surface area contributed by atoms with Gasteiger partial charge in [0.05, 0.1) is 65.5 Å². The van der Waals surface area contributed by atoms with Gasteiger partial charge in [-0.25, -0.2) is 0 Å². The highest BCUT2D eigenvalue weighted by Crippen LogP contribution is 2.73. The van der Waals surface area contributed by atoms with E-state index in [1.165, 1.54) is 0 Å². The van der Waals surface area contributed by atoms with Crippen LogP contribution in [0.25, 0.3) is 0 Å². The van der Waals surface area contributed by atoms with E-state index >= 15 is 0 Å². The van der Waals surface area contributed by atoms with E-state index in [1.807, 2.05) is 26.8 Å². The van der Waals surface area contributed by atoms with Gasteiger partial charge in [-0.2, -0.15) is 0 Å². The molecule has 8 aliphatic carbocycles. The Kier molecular flexibility index (Phi) is 9.00. The van der Waals surface area contributed by atoms with Gasteiger partial charge in [-0.15, -0.1) is 0 Å². The summed E-state index contributed by atoms with van der Waals surface area (Å²) < 4.78 is 26.1. The summed E-state index contributed by atoms with van der Waals surface area (Å²) >= 11 is 0. The van der Waals surface area contributed by atoms with Crippen molar-refractivity contribution in [3.63, 3.8) is 0 Å². The van der Waals surface area contributed by atoms with E-state index in [1.54, 1.807) is 13.8 Å². The van der Waals surface area contributed by atoms with Crippen LogP contribution in [-0.4, -0.2) is 123 Å². The molecule has 23 atom stereocenters. The maximum atomic E-state index is 12.9. The molecule has 0 unspecified atom stereocenters. The average Bonchev–Trinajstić information content (AvgIpc) is 3.82. The number of aliphatic hydroxyl groups excluding tert-OH is 3. The average molecular weight is 929 g/mol. The van der Waals surface area contributed by atoms with Crippen molar-refractivity contribution in [3.05, 3.63) is 46.1 Å². The van der Waals surface area contributed by atoms with Crippen LogP contribution in [0.3, 0.4) is 0 Å². The fourth-order valence-corrected chi connectivity index (χ4v) is 19.0. The minimum absolute atomic E-state index is 0.0378. The van der Waals surface area contributed by atoms with Crippen molar-refractivity contribution in [2.24, 2.45) is 69.0 Å². The zero-order valence-electron chi connectivity index (χ0n) is 40.9. The molecule has 1 aromatic rings. The molecule has 67 heavy (non-hydrogen) atoms. The number of hydrogen-bond donors (Lipinski definition) is 7. The molecule has 13 nitrogen and oxygen atoms in total. The van der Waals surface area contributed by atoms with Crippen molar-refractivity contribution >= 4 is 0 Å². The summed E-state index contributed by atoms with van der Waals surface area (Å²) in [6.45, 7) is 16.6. The molecule has 8 fully saturated rings. The number of rotatable bonds is 0. The van der Waals surface area contributed by atoms with Crippen LogP contribution >= 0.6 is 0 Å². The minimum atomic E-state index is -1.45. The molecule has 4 saturated carbocycles. The van der Waals surface area contributed by atoms with Crippen LogP contribution in [0, 0.1) is 69.0 Å². The van der Waals surface area contributed by atoms with Crippen molar-refractivity contribution in [1.29, 1.82) is 0 Å². The molecule has 12 aliphatic rings. The first-order valence-electron chi connectivity index (χ1n) is 26.2. The van der Waals surface area contributed by atoms with Gasteiger partial charge in [0.15, 0.2) is 11.6 Å². The van der Waals surface area contributed by atoms with E-state index in [4.69, 9.17) is 28.9 Å². The van der Waals surface area contributed by atoms with E-state index in [-0.39, 0.29) is 53.6 Å². The molecule has 1 aromatic heterocycles. The summed E-state index contributed by atoms with van der Waals surface area (Å²) in [6, 6.07) is 0. The number of fused-ring (bicyclic) bond motifs is 16. The predicted octanol–water partition coefficient (Wildman–Crippen LogP) is 4.41. The molecule has 0 bridgehead atoms. The molecule has 0 radical (unpaired) electrons. The minimum Gasteiger partial charge on any atom is -0.392 e. The maximum Gasteiger partial charge on any atom is 0.174 e. The van der Waals surface area contributed by atoms with Crippen molar-refractivity contribution < 1.29 is 54.7 Å². The van der Waals surface area contributed by atoms with Crippen LogP contribution < -0.4 is 0 Å². The second-order valence-electron chi connectivity index (χ2n) is 26.4. The Labute approximate surface area is 395 Å². The first kappa shape index (κ1) is 45.0. The Bertz CT molecular complexity index is 2370. The SMILES string of the molecule is C[C@@H]1[C@@]2(CC[C@](C)(O)CO2)O[C@H]2C=C3[C@@H]4[C@@H](O)C[C@H]5Cc6nc7c(nc6C[C@]5(C)[C@H]4C[C@@H](O)[C@]3(C)[C@]21O)C[C@@H]1CC[C@H]2C3=C[C@@H]4O[C@]5(CC[C@](C)(O)CO5)[C@@H](C)[C@]4(O)[C@@]3(C)[C@H](O)C[C@@H]2[C@@]1(C)C7. The first-order chi connectivity index (χ1) is 31.3. The third-order valence-electron chi connectivity index (χ3n) is 23.4. The maximum absolute atomic E-state index is 12.9. The lowest BCUT2D eigenvalue weighted by Crippen LogP contribution is -2.66. The summed E-state index contributed by atoms with van der Waals surface area (Å²) in [5.41, 5.74) is -0.720. The van der Waals surface area contributed by atoms with Gasteiger partial charge >= 0.3 is 0 Å². The standard InChI is InChI=1S/C54H76N2O11/c1-26-51(13-11-45(3,60)24-64-51)66-42-20-32-30-10-9-28-15-35-37(22-47(28,5)31(30)18-40(58)49(32,7)53(26,42)62)56-36-16-29-17-39(57)44-33(48(29,6)23-38(36)55-35)19-41(59)50(8)34(44)21-43-54(50,63)27(2)52(67-43)14-12-46(4,61)25-65-52/h20-21,26-31,33,39-44,57-63H,9-19,22-25H2,1-8H3/t26-,27-,28+,29-,30-,31+,33+,39+,40-,41-,42+,43+,44-,45+,46+,47+,48+,49-,50-,51-,52-,53-,54-/m1/s1. The summed E-state index contributed by atoms with van der Waals surface area (Å²) in [5, 5.41) is 84.4. The normalized spacial score (nSPS) is 60.0. The summed E-state index contributed by atoms with van der Waals surface area (Å²) in [7, 11) is 0. The smallest absolute Gasteiger partial charge is 0.174 e. The number of aliphatic hydroxyl groups is 7. The van der Waals surface area contributed by atoms with Gasteiger partial charge in [0, 0.05) is 41.4 Å². The zero-order valence-corrected chi connectivity index (χ0v) is 40.9. The van der Waals surface area contributed by atoms with Crippen molar-refractivity contribution in [3.8, 4) is 0 Å². The number of hydrogen-bond acceptors (Lipinski definition) is 13. The molecule has 5 heterocycles. The van der Waals surface area contributed by atoms with E-state index in [0.717, 1.165) is 66.0 Å². The van der Waals surface area contributed by atoms with Crippen LogP contribution in [0.1, 0.15) is 136 Å². The van der Waals surface area contributed by atoms with E-state index in [0.29, 0.717) is 57.3 Å². The highest BCUT2D eigenvalue weighted by Gasteiger charge is 2.79. The number of nitrogens with zero attached hydrogens (tertiary/aromatic N) is 2. The fourth-order valence-electron chi connectivity index (χ4n) is 19.0. The topological polar surface area (TPSA) is 204 Å². The second-order valence-corrected chi connectivity index (χ2v) is 26.4. The molecule has 7 N–H and O–H groups in total. The third-order valence-corrected chi connectivity index (χ3v) is 23.4. The van der Waals surface area contributed by atoms with Crippen LogP contribution in [0.15, 0.2) is 23.3 Å². The summed E-state index contributed by atoms with van der Waals surface area (Å²) in [4.78, 5) is 11.1. The fraction of sp³-hybridized carbons (Fsp3) is 0.852. The zero-order chi connectivity index (χ0) is 47.2. The largest absolute Gasteiger partial charge is 0.392 e. The van der Waals surface area contributed by atoms with Crippen molar-refractivity contribution in [2.45, 2.75) is 203 Å². The molecular weight excluding hydrogens is 853 g/mol. The van der Waals surface area contributed by atoms with Crippen LogP contribution in [0.2, 0.25) is 0 Å². The molecule has 4 saturated heterocycles. The summed E-state index contributed by atoms with van der Waals surface area (Å²) in [6.07, 6.45) is 9.22. The Morgan fingerprint density at radius 1 is 0.567 bits per heavy atom. The number of aromatic nitrogens is 2. The highest BCUT2D eigenvalue weighted by molar-refractivity contribution is 5.45. The molecule has 0 aromatic carbocycles. The van der Waals surface area contributed by atoms with Gasteiger partial charge in [-0.05, 0) is 125 Å². The molecule has 368 valence electrons. The molecule has 2 spiro atoms. The molecule has 4 aliphatic heterocycles. The lowest BCUT2D eigenvalue weighted by Gasteiger charge is -2.62. The molecule has 13 rings (SSSR count). The molecule has 0 amide bonds. The number of ether oxygens (including phenoxy) is 4. The van der Waals surface area contributed by atoms with Gasteiger partial charge < -0.3 is 54.7 Å². The van der Waals surface area contributed by atoms with Crippen LogP contribution in [0.5, 0.6) is 0 Å². The molecule has 13 heteroatoms. The quantitative estimate of drug-likeness (QED) is 0.181. The van der Waals surface area contributed by atoms with Crippen molar-refractivity contribution in [2.75, 3.05) is 13.2 Å². The first-order valence-corrected chi connectivity index (χ1v) is 26.2. The van der Waals surface area contributed by atoms with E-state index in [9.17, 15) is 35.7 Å². The lowest BCUT2D eigenvalue weighted by atomic mass is 9.43. The third kappa shape index (κ3) is 5.25. The van der Waals surface area contributed by atoms with Gasteiger partial charge in [-0.3, -0.25) is 9.97 Å². The second kappa shape index (κ2) is 13.4. The van der Waals surface area contributed by atoms with Gasteiger partial charge in [0.25, 0.3) is 0 Å². The van der Waals surface area contributed by atoms with Crippen LogP contribution in [0.4, 0.5) is 0 Å². The van der Waals surface area contributed by atoms with Gasteiger partial charge in [0.1, 0.15) is 23.4 Å². The van der Waals surface area contributed by atoms with Crippen molar-refractivity contribution in [1.82, 2.24) is 9.97 Å². The van der Waals surface area contributed by atoms with Gasteiger partial charge in [0.2, 0.25) is 0 Å². The highest BCUT2D eigenvalue weighted by atomic mass is 16.7. The Morgan fingerprint density at radius 3 is 1.57 bits per heavy atom. The molecular formula is C54H76N2O11. The van der Waals surface area contributed by atoms with E-state index < -0.39 is 87.2 Å². The summed E-state index contributed by atoms with van der Waals surface area (Å²) in [5.74, 6) is -2.32. The Hall–Kier alpha value is -1.88.